The third-order valence-corrected chi connectivity index (χ3v) is 10.7. The highest BCUT2D eigenvalue weighted by Crippen LogP contribution is 2.44. The average molecular weight is 785 g/mol. The standard InChI is InChI=1S/C17H23F3N4O3.C15H17F5N4O3/c1-10(2)24-9-21-13-12(24)14(25)23(15(26)22(13)3)8-11-4-6-16(27,7-5-11)17(18,19)20;1-22-10-9(24(7-21-10)12(16)17)11(25)23(13(22)26)6-8-2-4-14(27,5-3-8)15(18,19)20/h9-11,27H,4-8H2,1-3H3;7-8,12,27H,2-6H2,1H3. The van der Waals surface area contributed by atoms with Gasteiger partial charge in [-0.05, 0) is 77.0 Å². The lowest BCUT2D eigenvalue weighted by atomic mass is 9.78. The van der Waals surface area contributed by atoms with Crippen molar-refractivity contribution < 1.29 is 45.3 Å². The number of rotatable bonds is 6. The highest BCUT2D eigenvalue weighted by molar-refractivity contribution is 5.70. The van der Waals surface area contributed by atoms with Gasteiger partial charge >= 0.3 is 30.3 Å². The van der Waals surface area contributed by atoms with Gasteiger partial charge in [0.05, 0.1) is 6.33 Å². The summed E-state index contributed by atoms with van der Waals surface area (Å²) in [5, 5.41) is 19.5. The Morgan fingerprint density at radius 1 is 0.685 bits per heavy atom. The van der Waals surface area contributed by atoms with Crippen molar-refractivity contribution in [3.8, 4) is 0 Å². The van der Waals surface area contributed by atoms with Crippen molar-refractivity contribution in [2.24, 2.45) is 25.9 Å². The van der Waals surface area contributed by atoms with Crippen LogP contribution in [0.5, 0.6) is 0 Å². The number of hydrogen-bond acceptors (Lipinski definition) is 8. The summed E-state index contributed by atoms with van der Waals surface area (Å²) in [6.07, 6.45) is -9.06. The van der Waals surface area contributed by atoms with Gasteiger partial charge in [-0.25, -0.2) is 19.6 Å². The minimum atomic E-state index is -4.76. The van der Waals surface area contributed by atoms with Crippen molar-refractivity contribution >= 4 is 22.3 Å². The maximum atomic E-state index is 13.1. The van der Waals surface area contributed by atoms with E-state index in [1.165, 1.54) is 25.0 Å². The monoisotopic (exact) mass is 784 g/mol. The summed E-state index contributed by atoms with van der Waals surface area (Å²) in [5.41, 5.74) is -8.32. The summed E-state index contributed by atoms with van der Waals surface area (Å²) < 4.78 is 110. The number of halogens is 8. The van der Waals surface area contributed by atoms with Gasteiger partial charge < -0.3 is 14.8 Å². The fourth-order valence-electron chi connectivity index (χ4n) is 7.20. The van der Waals surface area contributed by atoms with Crippen LogP contribution < -0.4 is 22.5 Å². The van der Waals surface area contributed by atoms with E-state index >= 15 is 0 Å². The Morgan fingerprint density at radius 2 is 1.02 bits per heavy atom. The molecule has 22 heteroatoms. The maximum Gasteiger partial charge on any atom is 0.417 e. The Morgan fingerprint density at radius 3 is 1.33 bits per heavy atom. The molecule has 0 aliphatic heterocycles. The van der Waals surface area contributed by atoms with E-state index < -0.39 is 89.7 Å². The molecule has 0 bridgehead atoms. The predicted molar refractivity (Wildman–Crippen MR) is 176 cm³/mol. The first-order valence-electron chi connectivity index (χ1n) is 17.1. The molecule has 14 nitrogen and oxygen atoms in total. The fraction of sp³-hybridized carbons (Fsp3) is 0.688. The molecule has 0 unspecified atom stereocenters. The molecule has 2 aliphatic carbocycles. The predicted octanol–water partition coefficient (Wildman–Crippen LogP) is 3.74. The van der Waals surface area contributed by atoms with Crippen LogP contribution in [0.3, 0.4) is 0 Å². The molecule has 54 heavy (non-hydrogen) atoms. The van der Waals surface area contributed by atoms with Crippen LogP contribution in [-0.4, -0.2) is 71.1 Å². The van der Waals surface area contributed by atoms with Crippen molar-refractivity contribution in [1.29, 1.82) is 0 Å². The van der Waals surface area contributed by atoms with E-state index in [4.69, 9.17) is 0 Å². The zero-order chi connectivity index (χ0) is 40.3. The third kappa shape index (κ3) is 7.25. The summed E-state index contributed by atoms with van der Waals surface area (Å²) in [5.74, 6) is -0.760. The molecule has 0 amide bonds. The van der Waals surface area contributed by atoms with Crippen LogP contribution in [0.2, 0.25) is 0 Å². The molecule has 4 aromatic heterocycles. The van der Waals surface area contributed by atoms with Crippen LogP contribution in [-0.2, 0) is 27.2 Å². The van der Waals surface area contributed by atoms with E-state index in [0.717, 1.165) is 20.0 Å². The summed E-state index contributed by atoms with van der Waals surface area (Å²) >= 11 is 0. The quantitative estimate of drug-likeness (QED) is 0.280. The lowest BCUT2D eigenvalue weighted by Crippen LogP contribution is -2.49. The number of aromatic nitrogens is 8. The minimum absolute atomic E-state index is 0.0264. The lowest BCUT2D eigenvalue weighted by molar-refractivity contribution is -0.272. The van der Waals surface area contributed by atoms with Gasteiger partial charge in [0, 0.05) is 33.2 Å². The summed E-state index contributed by atoms with van der Waals surface area (Å²) in [7, 11) is 2.79. The van der Waals surface area contributed by atoms with Crippen LogP contribution in [0, 0.1) is 11.8 Å². The summed E-state index contributed by atoms with van der Waals surface area (Å²) in [4.78, 5) is 58.3. The maximum absolute atomic E-state index is 13.1. The summed E-state index contributed by atoms with van der Waals surface area (Å²) in [6, 6.07) is -0.0369. The van der Waals surface area contributed by atoms with Crippen LogP contribution in [0.15, 0.2) is 31.8 Å². The second-order valence-electron chi connectivity index (χ2n) is 14.5. The van der Waals surface area contributed by atoms with Crippen molar-refractivity contribution in [2.75, 3.05) is 0 Å². The first kappa shape index (κ1) is 40.8. The van der Waals surface area contributed by atoms with Gasteiger partial charge in [-0.3, -0.25) is 32.4 Å². The van der Waals surface area contributed by atoms with E-state index in [1.807, 2.05) is 13.8 Å². The average Bonchev–Trinajstić information content (AvgIpc) is 3.74. The minimum Gasteiger partial charge on any atom is -0.380 e. The zero-order valence-electron chi connectivity index (χ0n) is 29.7. The molecule has 2 aliphatic rings. The van der Waals surface area contributed by atoms with Crippen molar-refractivity contribution in [2.45, 2.75) is 114 Å². The first-order chi connectivity index (χ1) is 24.9. The van der Waals surface area contributed by atoms with E-state index in [-0.39, 0.29) is 62.0 Å². The van der Waals surface area contributed by atoms with Crippen molar-refractivity contribution in [3.05, 3.63) is 54.3 Å². The molecule has 2 N–H and O–H groups in total. The van der Waals surface area contributed by atoms with Gasteiger partial charge in [-0.15, -0.1) is 0 Å². The Labute approximate surface area is 299 Å². The van der Waals surface area contributed by atoms with Gasteiger partial charge in [0.2, 0.25) is 0 Å². The molecule has 0 radical (unpaired) electrons. The molecule has 2 fully saturated rings. The highest BCUT2D eigenvalue weighted by Gasteiger charge is 2.55. The van der Waals surface area contributed by atoms with Crippen LogP contribution >= 0.6 is 0 Å². The molecular formula is C32H40F8N8O6. The lowest BCUT2D eigenvalue weighted by Gasteiger charge is -2.37. The number of aryl methyl sites for hydroxylation is 2. The number of fused-ring (bicyclic) bond motifs is 2. The Bertz CT molecular complexity index is 2090. The second-order valence-corrected chi connectivity index (χ2v) is 14.5. The topological polar surface area (TPSA) is 164 Å². The van der Waals surface area contributed by atoms with Crippen LogP contribution in [0.4, 0.5) is 35.1 Å². The Balaban J connectivity index is 0.000000208. The third-order valence-electron chi connectivity index (χ3n) is 10.7. The summed E-state index contributed by atoms with van der Waals surface area (Å²) in [6.45, 7) is 0.539. The molecule has 0 atom stereocenters. The van der Waals surface area contributed by atoms with Crippen LogP contribution in [0.25, 0.3) is 22.3 Å². The second kappa shape index (κ2) is 14.4. The first-order valence-corrected chi connectivity index (χ1v) is 17.1. The fourth-order valence-corrected chi connectivity index (χ4v) is 7.20. The van der Waals surface area contributed by atoms with Gasteiger partial charge in [0.15, 0.2) is 33.5 Å². The highest BCUT2D eigenvalue weighted by atomic mass is 19.4. The molecule has 300 valence electrons. The number of nitrogens with zero attached hydrogens (tertiary/aromatic N) is 8. The molecule has 2 saturated carbocycles. The molecule has 0 saturated heterocycles. The van der Waals surface area contributed by atoms with Gasteiger partial charge in [-0.1, -0.05) is 0 Å². The molecule has 4 heterocycles. The molecule has 4 aromatic rings. The van der Waals surface area contributed by atoms with Gasteiger partial charge in [-0.2, -0.15) is 35.1 Å². The largest absolute Gasteiger partial charge is 0.417 e. The Hall–Kier alpha value is -4.34. The number of imidazole rings is 2. The van der Waals surface area contributed by atoms with E-state index in [0.29, 0.717) is 10.1 Å². The number of aliphatic hydroxyl groups is 2. The van der Waals surface area contributed by atoms with E-state index in [9.17, 15) is 64.5 Å². The molecule has 0 spiro atoms. The Kier molecular flexibility index (Phi) is 10.9. The van der Waals surface area contributed by atoms with Crippen LogP contribution in [0.1, 0.15) is 77.8 Å². The van der Waals surface area contributed by atoms with E-state index in [2.05, 4.69) is 9.97 Å². The zero-order valence-corrected chi connectivity index (χ0v) is 29.7. The van der Waals surface area contributed by atoms with Gasteiger partial charge in [0.1, 0.15) is 6.33 Å². The number of alkyl halides is 8. The van der Waals surface area contributed by atoms with E-state index in [1.54, 1.807) is 4.57 Å². The smallest absolute Gasteiger partial charge is 0.380 e. The normalized spacial score (nSPS) is 24.1. The number of hydrogen-bond donors (Lipinski definition) is 2. The van der Waals surface area contributed by atoms with Crippen molar-refractivity contribution in [3.63, 3.8) is 0 Å². The molecule has 0 aromatic carbocycles. The molecule has 6 rings (SSSR count). The SMILES string of the molecule is CC(C)n1cnc2c1c(=O)n(CC1CCC(O)(C(F)(F)F)CC1)c(=O)n2C.Cn1c(=O)n(CC2CCC(O)(C(F)(F)F)CC2)c(=O)c2c1ncn2C(F)F. The molecular weight excluding hydrogens is 744 g/mol. The van der Waals surface area contributed by atoms with Crippen molar-refractivity contribution in [1.82, 2.24) is 37.4 Å². The van der Waals surface area contributed by atoms with Gasteiger partial charge in [0.25, 0.3) is 11.1 Å².